The second kappa shape index (κ2) is 10.4. The Labute approximate surface area is 192 Å². The van der Waals surface area contributed by atoms with Crippen molar-refractivity contribution < 1.29 is 23.5 Å². The number of rotatable bonds is 6. The van der Waals surface area contributed by atoms with Crippen molar-refractivity contribution in [1.29, 1.82) is 0 Å². The third-order valence-electron chi connectivity index (χ3n) is 6.63. The molecule has 2 heterocycles. The van der Waals surface area contributed by atoms with Gasteiger partial charge in [-0.25, -0.2) is 8.78 Å². The minimum absolute atomic E-state index is 0.110. The van der Waals surface area contributed by atoms with Crippen molar-refractivity contribution in [2.75, 3.05) is 19.6 Å². The van der Waals surface area contributed by atoms with Gasteiger partial charge < -0.3 is 20.6 Å². The average molecular weight is 458 g/mol. The van der Waals surface area contributed by atoms with Crippen molar-refractivity contribution in [3.63, 3.8) is 0 Å². The lowest BCUT2D eigenvalue weighted by Gasteiger charge is -2.31. The van der Waals surface area contributed by atoms with Crippen LogP contribution in [0, 0.1) is 5.92 Å². The number of hydrogen-bond donors (Lipinski definition) is 3. The lowest BCUT2D eigenvalue weighted by molar-refractivity contribution is 0.0311. The summed E-state index contributed by atoms with van der Waals surface area (Å²) >= 11 is 0. The predicted molar refractivity (Wildman–Crippen MR) is 120 cm³/mol. The number of nitrogens with zero attached hydrogens (tertiary/aromatic N) is 1. The van der Waals surface area contributed by atoms with Crippen LogP contribution in [0.2, 0.25) is 0 Å². The molecule has 0 saturated carbocycles. The van der Waals surface area contributed by atoms with Gasteiger partial charge in [0.2, 0.25) is 6.43 Å². The Hall–Kier alpha value is -2.84. The predicted octanol–water partition coefficient (Wildman–Crippen LogP) is 2.61. The number of carbonyl (C=O) groups excluding carboxylic acids is 2. The molecular weight excluding hydrogens is 428 g/mol. The highest BCUT2D eigenvalue weighted by atomic mass is 19.3. The fourth-order valence-corrected chi connectivity index (χ4v) is 4.49. The summed E-state index contributed by atoms with van der Waals surface area (Å²) in [6.45, 7) is 1.42. The summed E-state index contributed by atoms with van der Waals surface area (Å²) in [5.41, 5.74) is 3.23. The molecule has 3 N–H and O–H groups in total. The molecule has 2 aromatic rings. The number of halogens is 2. The molecule has 4 rings (SSSR count). The average Bonchev–Trinajstić information content (AvgIpc) is 2.86. The molecule has 2 amide bonds. The number of likely N-dealkylation sites (tertiary alicyclic amines) is 1. The van der Waals surface area contributed by atoms with Gasteiger partial charge >= 0.3 is 0 Å². The highest BCUT2D eigenvalue weighted by Gasteiger charge is 2.29. The molecule has 0 radical (unpaired) electrons. The summed E-state index contributed by atoms with van der Waals surface area (Å²) in [7, 11) is 0. The Morgan fingerprint density at radius 2 is 1.67 bits per heavy atom. The van der Waals surface area contributed by atoms with Crippen LogP contribution in [0.1, 0.15) is 44.7 Å². The van der Waals surface area contributed by atoms with E-state index in [0.29, 0.717) is 50.0 Å². The maximum absolute atomic E-state index is 12.8. The van der Waals surface area contributed by atoms with Crippen LogP contribution in [0.15, 0.2) is 48.5 Å². The summed E-state index contributed by atoms with van der Waals surface area (Å²) in [5.74, 6) is -1.19. The standard InChI is InChI=1S/C25H29F2N3O3/c26-23(27)16-9-11-30(12-10-16)25(33)18-7-5-17(6-8-18)24(32)29-15-22(31)21-13-19-3-1-2-4-20(19)14-28-21/h1-8,16,21-23,28,31H,9-15H2,(H,29,32). The number of amides is 2. The molecule has 2 aliphatic rings. The molecule has 2 atom stereocenters. The first-order valence-corrected chi connectivity index (χ1v) is 11.4. The molecular formula is C25H29F2N3O3. The number of nitrogens with one attached hydrogen (secondary N) is 2. The van der Waals surface area contributed by atoms with Crippen LogP contribution in [-0.2, 0) is 13.0 Å². The minimum atomic E-state index is -2.34. The molecule has 0 aliphatic carbocycles. The zero-order valence-electron chi connectivity index (χ0n) is 18.3. The summed E-state index contributed by atoms with van der Waals surface area (Å²) in [4.78, 5) is 26.7. The van der Waals surface area contributed by atoms with Crippen molar-refractivity contribution in [3.05, 3.63) is 70.8 Å². The Morgan fingerprint density at radius 3 is 2.33 bits per heavy atom. The summed E-state index contributed by atoms with van der Waals surface area (Å²) < 4.78 is 25.6. The number of alkyl halides is 2. The van der Waals surface area contributed by atoms with Gasteiger partial charge in [-0.1, -0.05) is 24.3 Å². The van der Waals surface area contributed by atoms with E-state index in [1.807, 2.05) is 12.1 Å². The van der Waals surface area contributed by atoms with E-state index in [1.165, 1.54) is 11.1 Å². The zero-order valence-corrected chi connectivity index (χ0v) is 18.3. The van der Waals surface area contributed by atoms with Gasteiger partial charge in [0.1, 0.15) is 0 Å². The molecule has 2 aliphatic heterocycles. The van der Waals surface area contributed by atoms with Gasteiger partial charge in [0.25, 0.3) is 11.8 Å². The number of benzene rings is 2. The molecule has 1 saturated heterocycles. The highest BCUT2D eigenvalue weighted by molar-refractivity contribution is 5.97. The van der Waals surface area contributed by atoms with Crippen LogP contribution in [0.4, 0.5) is 8.78 Å². The first-order chi connectivity index (χ1) is 15.9. The van der Waals surface area contributed by atoms with Gasteiger partial charge in [-0.15, -0.1) is 0 Å². The molecule has 1 fully saturated rings. The molecule has 0 spiro atoms. The number of fused-ring (bicyclic) bond motifs is 1. The number of hydrogen-bond acceptors (Lipinski definition) is 4. The maximum atomic E-state index is 12.8. The second-order valence-electron chi connectivity index (χ2n) is 8.78. The van der Waals surface area contributed by atoms with E-state index >= 15 is 0 Å². The smallest absolute Gasteiger partial charge is 0.253 e. The van der Waals surface area contributed by atoms with Crippen molar-refractivity contribution >= 4 is 11.8 Å². The Balaban J connectivity index is 1.27. The Morgan fingerprint density at radius 1 is 1.03 bits per heavy atom. The largest absolute Gasteiger partial charge is 0.390 e. The second-order valence-corrected chi connectivity index (χ2v) is 8.78. The summed E-state index contributed by atoms with van der Waals surface area (Å²) in [6.07, 6.45) is -1.79. The number of aliphatic hydroxyl groups is 1. The first kappa shape index (κ1) is 23.3. The first-order valence-electron chi connectivity index (χ1n) is 11.4. The SMILES string of the molecule is O=C(NCC(O)C1Cc2ccccc2CN1)c1ccc(C(=O)N2CCC(C(F)F)CC2)cc1. The van der Waals surface area contributed by atoms with Crippen LogP contribution in [0.3, 0.4) is 0 Å². The van der Waals surface area contributed by atoms with Gasteiger partial charge in [0.05, 0.1) is 6.10 Å². The molecule has 33 heavy (non-hydrogen) atoms. The molecule has 2 unspecified atom stereocenters. The third-order valence-corrected chi connectivity index (χ3v) is 6.63. The Kier molecular flexibility index (Phi) is 7.35. The van der Waals surface area contributed by atoms with Crippen LogP contribution in [0.5, 0.6) is 0 Å². The van der Waals surface area contributed by atoms with Crippen LogP contribution < -0.4 is 10.6 Å². The third kappa shape index (κ3) is 5.57. The van der Waals surface area contributed by atoms with Crippen molar-refractivity contribution in [2.45, 2.75) is 44.4 Å². The van der Waals surface area contributed by atoms with Crippen LogP contribution >= 0.6 is 0 Å². The fourth-order valence-electron chi connectivity index (χ4n) is 4.49. The molecule has 6 nitrogen and oxygen atoms in total. The summed E-state index contributed by atoms with van der Waals surface area (Å²) in [6, 6.07) is 14.2. The topological polar surface area (TPSA) is 81.7 Å². The van der Waals surface area contributed by atoms with Gasteiger partial charge in [-0.2, -0.15) is 0 Å². The van der Waals surface area contributed by atoms with E-state index in [2.05, 4.69) is 22.8 Å². The zero-order chi connectivity index (χ0) is 23.4. The lowest BCUT2D eigenvalue weighted by Crippen LogP contribution is -2.49. The lowest BCUT2D eigenvalue weighted by atomic mass is 9.93. The quantitative estimate of drug-likeness (QED) is 0.623. The number of aliphatic hydroxyl groups excluding tert-OH is 1. The molecule has 0 aromatic heterocycles. The van der Waals surface area contributed by atoms with Crippen molar-refractivity contribution in [1.82, 2.24) is 15.5 Å². The van der Waals surface area contributed by atoms with Crippen LogP contribution in [0.25, 0.3) is 0 Å². The Bertz CT molecular complexity index is 975. The van der Waals surface area contributed by atoms with E-state index < -0.39 is 18.4 Å². The van der Waals surface area contributed by atoms with E-state index in [4.69, 9.17) is 0 Å². The van der Waals surface area contributed by atoms with E-state index in [1.54, 1.807) is 29.2 Å². The van der Waals surface area contributed by atoms with Crippen LogP contribution in [-0.4, -0.2) is 60.0 Å². The molecule has 8 heteroatoms. The minimum Gasteiger partial charge on any atom is -0.390 e. The highest BCUT2D eigenvalue weighted by Crippen LogP contribution is 2.24. The fraction of sp³-hybridized carbons (Fsp3) is 0.440. The number of carbonyl (C=O) groups is 2. The normalized spacial score (nSPS) is 19.8. The van der Waals surface area contributed by atoms with Gasteiger partial charge in [-0.05, 0) is 54.7 Å². The maximum Gasteiger partial charge on any atom is 0.253 e. The van der Waals surface area contributed by atoms with Gasteiger partial charge in [0.15, 0.2) is 0 Å². The summed E-state index contributed by atoms with van der Waals surface area (Å²) in [5, 5.41) is 16.6. The van der Waals surface area contributed by atoms with Crippen molar-refractivity contribution in [3.8, 4) is 0 Å². The molecule has 2 aromatic carbocycles. The van der Waals surface area contributed by atoms with Gasteiger partial charge in [0, 0.05) is 49.3 Å². The molecule has 176 valence electrons. The van der Waals surface area contributed by atoms with Crippen molar-refractivity contribution in [2.24, 2.45) is 5.92 Å². The molecule has 0 bridgehead atoms. The number of piperidine rings is 1. The van der Waals surface area contributed by atoms with Gasteiger partial charge in [-0.3, -0.25) is 9.59 Å². The monoisotopic (exact) mass is 457 g/mol. The van der Waals surface area contributed by atoms with E-state index in [9.17, 15) is 23.5 Å². The van der Waals surface area contributed by atoms with E-state index in [-0.39, 0.29) is 24.4 Å². The van der Waals surface area contributed by atoms with E-state index in [0.717, 1.165) is 0 Å².